The average Bonchev–Trinajstić information content (AvgIpc) is 2.39. The summed E-state index contributed by atoms with van der Waals surface area (Å²) in [7, 11) is 0. The molecule has 3 heteroatoms. The van der Waals surface area contributed by atoms with Crippen LogP contribution >= 0.6 is 0 Å². The molecule has 3 nitrogen and oxygen atoms in total. The predicted molar refractivity (Wildman–Crippen MR) is 73.5 cm³/mol. The van der Waals surface area contributed by atoms with Gasteiger partial charge in [-0.1, -0.05) is 6.92 Å². The first-order valence-corrected chi connectivity index (χ1v) is 6.95. The largest absolute Gasteiger partial charge is 0.490 e. The van der Waals surface area contributed by atoms with Crippen molar-refractivity contribution < 1.29 is 9.47 Å². The Balaban J connectivity index is 2.39. The topological polar surface area (TPSA) is 30.5 Å². The van der Waals surface area contributed by atoms with Crippen LogP contribution in [0.1, 0.15) is 44.4 Å². The maximum absolute atomic E-state index is 5.70. The van der Waals surface area contributed by atoms with E-state index in [-0.39, 0.29) is 0 Å². The molecule has 1 aromatic rings. The summed E-state index contributed by atoms with van der Waals surface area (Å²) in [6.07, 6.45) is 2.17. The van der Waals surface area contributed by atoms with Gasteiger partial charge in [0, 0.05) is 6.04 Å². The van der Waals surface area contributed by atoms with Gasteiger partial charge in [-0.15, -0.1) is 0 Å². The van der Waals surface area contributed by atoms with Gasteiger partial charge < -0.3 is 14.8 Å². The minimum absolute atomic E-state index is 0.448. The van der Waals surface area contributed by atoms with Crippen molar-refractivity contribution in [2.24, 2.45) is 0 Å². The molecule has 0 saturated carbocycles. The number of rotatable bonds is 5. The number of hydrogen-bond acceptors (Lipinski definition) is 3. The van der Waals surface area contributed by atoms with Crippen LogP contribution in [0.25, 0.3) is 0 Å². The van der Waals surface area contributed by atoms with Crippen molar-refractivity contribution in [3.63, 3.8) is 0 Å². The van der Waals surface area contributed by atoms with Crippen molar-refractivity contribution >= 4 is 0 Å². The summed E-state index contributed by atoms with van der Waals surface area (Å²) in [4.78, 5) is 0. The van der Waals surface area contributed by atoms with Gasteiger partial charge >= 0.3 is 0 Å². The van der Waals surface area contributed by atoms with Crippen LogP contribution in [0.4, 0.5) is 0 Å². The molecule has 0 fully saturated rings. The van der Waals surface area contributed by atoms with Gasteiger partial charge in [-0.2, -0.15) is 0 Å². The zero-order valence-electron chi connectivity index (χ0n) is 11.6. The maximum Gasteiger partial charge on any atom is 0.161 e. The van der Waals surface area contributed by atoms with Gasteiger partial charge in [-0.25, -0.2) is 0 Å². The summed E-state index contributed by atoms with van der Waals surface area (Å²) in [6, 6.07) is 4.76. The van der Waals surface area contributed by atoms with Gasteiger partial charge in [0.15, 0.2) is 11.5 Å². The van der Waals surface area contributed by atoms with Gasteiger partial charge in [0.05, 0.1) is 13.2 Å². The molecular formula is C15H23NO2. The number of benzene rings is 1. The Morgan fingerprint density at radius 3 is 2.39 bits per heavy atom. The van der Waals surface area contributed by atoms with Gasteiger partial charge in [0.25, 0.3) is 0 Å². The highest BCUT2D eigenvalue weighted by molar-refractivity contribution is 5.49. The molecule has 1 heterocycles. The minimum atomic E-state index is 0.448. The van der Waals surface area contributed by atoms with Gasteiger partial charge in [0.1, 0.15) is 0 Å². The normalized spacial score (nSPS) is 18.3. The molecule has 1 atom stereocenters. The van der Waals surface area contributed by atoms with Crippen LogP contribution < -0.4 is 14.8 Å². The standard InChI is InChI=1S/C15H23NO2/c1-4-13-12-10-15(18-6-3)14(17-5-2)9-11(12)7-8-16-13/h9-10,13,16H,4-8H2,1-3H3. The van der Waals surface area contributed by atoms with Crippen molar-refractivity contribution in [1.29, 1.82) is 0 Å². The Morgan fingerprint density at radius 1 is 1.11 bits per heavy atom. The summed E-state index contributed by atoms with van der Waals surface area (Å²) >= 11 is 0. The molecule has 18 heavy (non-hydrogen) atoms. The zero-order valence-corrected chi connectivity index (χ0v) is 11.6. The lowest BCUT2D eigenvalue weighted by molar-refractivity contribution is 0.286. The lowest BCUT2D eigenvalue weighted by atomic mass is 9.92. The fourth-order valence-electron chi connectivity index (χ4n) is 2.55. The third kappa shape index (κ3) is 2.61. The van der Waals surface area contributed by atoms with Crippen molar-refractivity contribution in [2.75, 3.05) is 19.8 Å². The van der Waals surface area contributed by atoms with E-state index in [9.17, 15) is 0 Å². The second kappa shape index (κ2) is 6.10. The van der Waals surface area contributed by atoms with Crippen LogP contribution in [0, 0.1) is 0 Å². The maximum atomic E-state index is 5.70. The van der Waals surface area contributed by atoms with E-state index >= 15 is 0 Å². The molecule has 0 bridgehead atoms. The Hall–Kier alpha value is -1.22. The first-order valence-electron chi connectivity index (χ1n) is 6.95. The van der Waals surface area contributed by atoms with Crippen molar-refractivity contribution in [2.45, 2.75) is 39.7 Å². The lowest BCUT2D eigenvalue weighted by Crippen LogP contribution is -2.29. The fraction of sp³-hybridized carbons (Fsp3) is 0.600. The van der Waals surface area contributed by atoms with Crippen molar-refractivity contribution in [1.82, 2.24) is 5.32 Å². The SMILES string of the molecule is CCOc1cc2c(cc1OCC)C(CC)NCC2. The Kier molecular flexibility index (Phi) is 4.48. The first kappa shape index (κ1) is 13.2. The summed E-state index contributed by atoms with van der Waals surface area (Å²) in [5.41, 5.74) is 2.77. The lowest BCUT2D eigenvalue weighted by Gasteiger charge is -2.27. The van der Waals surface area contributed by atoms with E-state index in [1.165, 1.54) is 11.1 Å². The Bertz CT molecular complexity index is 404. The van der Waals surface area contributed by atoms with Gasteiger partial charge in [-0.05, 0) is 56.5 Å². The zero-order chi connectivity index (χ0) is 13.0. The van der Waals surface area contributed by atoms with E-state index in [0.717, 1.165) is 30.9 Å². The highest BCUT2D eigenvalue weighted by Crippen LogP contribution is 2.36. The molecule has 0 saturated heterocycles. The third-order valence-electron chi connectivity index (χ3n) is 3.37. The van der Waals surface area contributed by atoms with E-state index in [1.54, 1.807) is 0 Å². The number of nitrogens with one attached hydrogen (secondary N) is 1. The van der Waals surface area contributed by atoms with E-state index < -0.39 is 0 Å². The van der Waals surface area contributed by atoms with Crippen molar-refractivity contribution in [3.8, 4) is 11.5 Å². The van der Waals surface area contributed by atoms with Crippen LogP contribution in [0.3, 0.4) is 0 Å². The van der Waals surface area contributed by atoms with Crippen LogP contribution in [-0.4, -0.2) is 19.8 Å². The molecule has 0 radical (unpaired) electrons. The molecule has 1 unspecified atom stereocenters. The molecule has 1 N–H and O–H groups in total. The number of hydrogen-bond donors (Lipinski definition) is 1. The molecule has 0 aromatic heterocycles. The molecule has 0 aliphatic carbocycles. The Morgan fingerprint density at radius 2 is 1.78 bits per heavy atom. The summed E-state index contributed by atoms with van der Waals surface area (Å²) < 4.78 is 11.4. The van der Waals surface area contributed by atoms with Crippen LogP contribution in [-0.2, 0) is 6.42 Å². The highest BCUT2D eigenvalue weighted by atomic mass is 16.5. The Labute approximate surface area is 109 Å². The van der Waals surface area contributed by atoms with Crippen LogP contribution in [0.15, 0.2) is 12.1 Å². The summed E-state index contributed by atoms with van der Waals surface area (Å²) in [5, 5.41) is 3.55. The molecule has 1 aliphatic heterocycles. The minimum Gasteiger partial charge on any atom is -0.490 e. The van der Waals surface area contributed by atoms with E-state index in [2.05, 4.69) is 24.4 Å². The molecule has 1 aromatic carbocycles. The first-order chi connectivity index (χ1) is 8.80. The second-order valence-corrected chi connectivity index (χ2v) is 4.53. The molecule has 2 rings (SSSR count). The second-order valence-electron chi connectivity index (χ2n) is 4.53. The van der Waals surface area contributed by atoms with E-state index in [0.29, 0.717) is 19.3 Å². The average molecular weight is 249 g/mol. The number of fused-ring (bicyclic) bond motifs is 1. The van der Waals surface area contributed by atoms with Crippen LogP contribution in [0.5, 0.6) is 11.5 Å². The molecule has 1 aliphatic rings. The van der Waals surface area contributed by atoms with Gasteiger partial charge in [-0.3, -0.25) is 0 Å². The highest BCUT2D eigenvalue weighted by Gasteiger charge is 2.21. The number of ether oxygens (including phenoxy) is 2. The molecule has 0 amide bonds. The monoisotopic (exact) mass is 249 g/mol. The molecule has 0 spiro atoms. The summed E-state index contributed by atoms with van der Waals surface area (Å²) in [5.74, 6) is 1.76. The van der Waals surface area contributed by atoms with Crippen LogP contribution in [0.2, 0.25) is 0 Å². The van der Waals surface area contributed by atoms with E-state index in [1.807, 2.05) is 13.8 Å². The molecular weight excluding hydrogens is 226 g/mol. The van der Waals surface area contributed by atoms with Crippen molar-refractivity contribution in [3.05, 3.63) is 23.3 Å². The fourth-order valence-corrected chi connectivity index (χ4v) is 2.55. The predicted octanol–water partition coefficient (Wildman–Crippen LogP) is 3.08. The third-order valence-corrected chi connectivity index (χ3v) is 3.37. The van der Waals surface area contributed by atoms with E-state index in [4.69, 9.17) is 9.47 Å². The smallest absolute Gasteiger partial charge is 0.161 e. The summed E-state index contributed by atoms with van der Waals surface area (Å²) in [6.45, 7) is 8.61. The van der Waals surface area contributed by atoms with Gasteiger partial charge in [0.2, 0.25) is 0 Å². The molecule has 100 valence electrons. The quantitative estimate of drug-likeness (QED) is 0.870.